The molecule has 4 heterocycles. The van der Waals surface area contributed by atoms with Crippen molar-refractivity contribution >= 4 is 39.4 Å². The van der Waals surface area contributed by atoms with Gasteiger partial charge in [0.25, 0.3) is 5.56 Å². The molecule has 3 aromatic heterocycles. The van der Waals surface area contributed by atoms with Crippen molar-refractivity contribution in [3.8, 4) is 5.69 Å². The number of pyridine rings is 1. The molecule has 0 saturated heterocycles. The van der Waals surface area contributed by atoms with Crippen LogP contribution in [0, 0.1) is 13.8 Å². The number of rotatable bonds is 4. The van der Waals surface area contributed by atoms with Crippen LogP contribution in [0.1, 0.15) is 22.5 Å². The first-order valence-corrected chi connectivity index (χ1v) is 11.4. The van der Waals surface area contributed by atoms with E-state index in [1.54, 1.807) is 15.5 Å². The number of para-hydroxylation sites is 1. The Morgan fingerprint density at radius 2 is 1.83 bits per heavy atom. The fourth-order valence-electron chi connectivity index (χ4n) is 4.80. The molecule has 0 saturated carbocycles. The third kappa shape index (κ3) is 3.33. The van der Waals surface area contributed by atoms with Gasteiger partial charge in [0, 0.05) is 17.5 Å². The minimum Gasteiger partial charge on any atom is -0.383 e. The van der Waals surface area contributed by atoms with Gasteiger partial charge in [-0.3, -0.25) is 14.4 Å². The SMILES string of the molecule is Cc1ccccc1-n1c(Cn2nc(C3=CC=NC3)c3c(N)ncnc32)cc2cccc(C)c2c1=O. The molecule has 0 atom stereocenters. The minimum absolute atomic E-state index is 0.0531. The molecule has 35 heavy (non-hydrogen) atoms. The van der Waals surface area contributed by atoms with Crippen molar-refractivity contribution in [2.45, 2.75) is 20.4 Å². The standard InChI is InChI=1S/C27H23N7O/c1-16-6-3-4-9-21(16)34-20(12-18-8-5-7-17(2)22(18)27(34)35)14-33-26-23(25(28)30-15-31-26)24(32-33)19-10-11-29-13-19/h3-12,15H,13-14H2,1-2H3,(H2,28,30,31). The number of aliphatic imine (C=N–C) groups is 1. The van der Waals surface area contributed by atoms with E-state index >= 15 is 0 Å². The lowest BCUT2D eigenvalue weighted by Crippen LogP contribution is -2.25. The van der Waals surface area contributed by atoms with E-state index < -0.39 is 0 Å². The first-order valence-electron chi connectivity index (χ1n) is 11.4. The zero-order chi connectivity index (χ0) is 24.1. The number of aryl methyl sites for hydroxylation is 2. The molecule has 0 amide bonds. The molecular formula is C27H23N7O. The van der Waals surface area contributed by atoms with Crippen LogP contribution in [-0.4, -0.2) is 37.1 Å². The van der Waals surface area contributed by atoms with Gasteiger partial charge in [-0.15, -0.1) is 0 Å². The maximum Gasteiger partial charge on any atom is 0.263 e. The van der Waals surface area contributed by atoms with Crippen LogP contribution < -0.4 is 11.3 Å². The summed E-state index contributed by atoms with van der Waals surface area (Å²) >= 11 is 0. The highest BCUT2D eigenvalue weighted by molar-refractivity contribution is 6.00. The molecule has 0 spiro atoms. The Bertz CT molecular complexity index is 1760. The van der Waals surface area contributed by atoms with Gasteiger partial charge in [0.1, 0.15) is 17.8 Å². The molecule has 0 unspecified atom stereocenters. The topological polar surface area (TPSA) is 104 Å². The lowest BCUT2D eigenvalue weighted by atomic mass is 10.1. The molecular weight excluding hydrogens is 438 g/mol. The van der Waals surface area contributed by atoms with Gasteiger partial charge in [-0.25, -0.2) is 14.6 Å². The second kappa shape index (κ2) is 8.02. The summed E-state index contributed by atoms with van der Waals surface area (Å²) in [4.78, 5) is 26.9. The first-order chi connectivity index (χ1) is 17.0. The number of nitrogens with two attached hydrogens (primary N) is 1. The lowest BCUT2D eigenvalue weighted by Gasteiger charge is -2.17. The number of aromatic nitrogens is 5. The van der Waals surface area contributed by atoms with Gasteiger partial charge >= 0.3 is 0 Å². The van der Waals surface area contributed by atoms with Crippen LogP contribution in [0.15, 0.2) is 70.7 Å². The molecule has 0 bridgehead atoms. The highest BCUT2D eigenvalue weighted by Crippen LogP contribution is 2.29. The third-order valence-corrected chi connectivity index (χ3v) is 6.50. The summed E-state index contributed by atoms with van der Waals surface area (Å²) in [5.41, 5.74) is 12.1. The van der Waals surface area contributed by atoms with Gasteiger partial charge in [0.15, 0.2) is 5.65 Å². The molecule has 1 aliphatic rings. The second-order valence-electron chi connectivity index (χ2n) is 8.75. The zero-order valence-electron chi connectivity index (χ0n) is 19.4. The predicted molar refractivity (Wildman–Crippen MR) is 139 cm³/mol. The number of nitrogens with zero attached hydrogens (tertiary/aromatic N) is 6. The molecule has 172 valence electrons. The van der Waals surface area contributed by atoms with Crippen LogP contribution >= 0.6 is 0 Å². The van der Waals surface area contributed by atoms with Crippen molar-refractivity contribution in [1.29, 1.82) is 0 Å². The van der Waals surface area contributed by atoms with Crippen LogP contribution in [-0.2, 0) is 6.54 Å². The Balaban J connectivity index is 1.62. The van der Waals surface area contributed by atoms with E-state index in [1.807, 2.05) is 62.4 Å². The average molecular weight is 462 g/mol. The summed E-state index contributed by atoms with van der Waals surface area (Å²) in [6, 6.07) is 15.9. The molecule has 6 rings (SSSR count). The van der Waals surface area contributed by atoms with E-state index in [1.165, 1.54) is 6.33 Å². The number of allylic oxidation sites excluding steroid dienone is 1. The zero-order valence-corrected chi connectivity index (χ0v) is 19.4. The fourth-order valence-corrected chi connectivity index (χ4v) is 4.80. The molecule has 5 aromatic rings. The van der Waals surface area contributed by atoms with Crippen molar-refractivity contribution < 1.29 is 0 Å². The van der Waals surface area contributed by atoms with Crippen molar-refractivity contribution in [2.24, 2.45) is 4.99 Å². The summed E-state index contributed by atoms with van der Waals surface area (Å²) in [6.45, 7) is 4.84. The number of anilines is 1. The molecule has 2 N–H and O–H groups in total. The number of fused-ring (bicyclic) bond motifs is 2. The number of benzene rings is 2. The summed E-state index contributed by atoms with van der Waals surface area (Å²) in [5.74, 6) is 0.370. The van der Waals surface area contributed by atoms with Crippen molar-refractivity contribution in [2.75, 3.05) is 12.3 Å². The summed E-state index contributed by atoms with van der Waals surface area (Å²) in [6.07, 6.45) is 5.14. The van der Waals surface area contributed by atoms with Gasteiger partial charge in [-0.1, -0.05) is 36.4 Å². The van der Waals surface area contributed by atoms with Crippen LogP contribution in [0.4, 0.5) is 5.82 Å². The molecule has 2 aromatic carbocycles. The van der Waals surface area contributed by atoms with Crippen LogP contribution in [0.2, 0.25) is 0 Å². The Labute approximate surface area is 201 Å². The third-order valence-electron chi connectivity index (χ3n) is 6.50. The van der Waals surface area contributed by atoms with E-state index in [9.17, 15) is 4.79 Å². The van der Waals surface area contributed by atoms with Crippen molar-refractivity contribution in [3.63, 3.8) is 0 Å². The largest absolute Gasteiger partial charge is 0.383 e. The first kappa shape index (κ1) is 21.0. The van der Waals surface area contributed by atoms with Crippen LogP contribution in [0.25, 0.3) is 33.1 Å². The molecule has 0 fully saturated rings. The van der Waals surface area contributed by atoms with E-state index in [0.717, 1.165) is 39.2 Å². The molecule has 8 heteroatoms. The molecule has 8 nitrogen and oxygen atoms in total. The average Bonchev–Trinajstić information content (AvgIpc) is 3.49. The van der Waals surface area contributed by atoms with Gasteiger partial charge in [-0.05, 0) is 48.6 Å². The Morgan fingerprint density at radius 1 is 1.00 bits per heavy atom. The van der Waals surface area contributed by atoms with Gasteiger partial charge in [0.2, 0.25) is 0 Å². The van der Waals surface area contributed by atoms with E-state index in [4.69, 9.17) is 10.8 Å². The van der Waals surface area contributed by atoms with Crippen LogP contribution in [0.3, 0.4) is 0 Å². The molecule has 1 aliphatic heterocycles. The highest BCUT2D eigenvalue weighted by atomic mass is 16.1. The molecule has 0 aliphatic carbocycles. The van der Waals surface area contributed by atoms with Crippen molar-refractivity contribution in [1.82, 2.24) is 24.3 Å². The van der Waals surface area contributed by atoms with Gasteiger partial charge in [0.05, 0.1) is 29.5 Å². The Morgan fingerprint density at radius 3 is 2.63 bits per heavy atom. The number of hydrogen-bond acceptors (Lipinski definition) is 6. The minimum atomic E-state index is -0.0531. The van der Waals surface area contributed by atoms with E-state index in [2.05, 4.69) is 21.0 Å². The van der Waals surface area contributed by atoms with Gasteiger partial charge < -0.3 is 5.73 Å². The maximum absolute atomic E-state index is 13.9. The van der Waals surface area contributed by atoms with E-state index in [-0.39, 0.29) is 5.56 Å². The number of hydrogen-bond donors (Lipinski definition) is 1. The van der Waals surface area contributed by atoms with Crippen molar-refractivity contribution in [3.05, 3.63) is 93.8 Å². The predicted octanol–water partition coefficient (Wildman–Crippen LogP) is 3.85. The quantitative estimate of drug-likeness (QED) is 0.438. The van der Waals surface area contributed by atoms with Crippen LogP contribution in [0.5, 0.6) is 0 Å². The van der Waals surface area contributed by atoms with E-state index in [0.29, 0.717) is 35.3 Å². The number of nitrogen functional groups attached to an aromatic ring is 1. The smallest absolute Gasteiger partial charge is 0.263 e. The summed E-state index contributed by atoms with van der Waals surface area (Å²) in [5, 5.41) is 7.19. The maximum atomic E-state index is 13.9. The Kier molecular flexibility index (Phi) is 4.81. The molecule has 0 radical (unpaired) electrons. The lowest BCUT2D eigenvalue weighted by molar-refractivity contribution is 0.667. The second-order valence-corrected chi connectivity index (χ2v) is 8.75. The highest BCUT2D eigenvalue weighted by Gasteiger charge is 2.21. The normalized spacial score (nSPS) is 13.1. The Hall–Kier alpha value is -4.59. The van der Waals surface area contributed by atoms with Gasteiger partial charge in [-0.2, -0.15) is 5.10 Å². The summed E-state index contributed by atoms with van der Waals surface area (Å²) in [7, 11) is 0. The fraction of sp³-hybridized carbons (Fsp3) is 0.148. The summed E-state index contributed by atoms with van der Waals surface area (Å²) < 4.78 is 3.59. The monoisotopic (exact) mass is 461 g/mol.